The second kappa shape index (κ2) is 6.41. The number of aryl methyl sites for hydroxylation is 1. The maximum absolute atomic E-state index is 9.03. The SMILES string of the molecule is COc1cc(NCc2ccc(C(O)O)cc2)ccc1C. The van der Waals surface area contributed by atoms with Crippen molar-refractivity contribution in [2.75, 3.05) is 12.4 Å². The number of benzene rings is 2. The molecule has 0 unspecified atom stereocenters. The Balaban J connectivity index is 2.01. The van der Waals surface area contributed by atoms with Gasteiger partial charge in [-0.3, -0.25) is 0 Å². The van der Waals surface area contributed by atoms with Crippen LogP contribution in [0.1, 0.15) is 23.0 Å². The van der Waals surface area contributed by atoms with Crippen molar-refractivity contribution in [1.29, 1.82) is 0 Å². The monoisotopic (exact) mass is 273 g/mol. The predicted octanol–water partition coefficient (Wildman–Crippen LogP) is 2.60. The molecule has 106 valence electrons. The van der Waals surface area contributed by atoms with Gasteiger partial charge in [-0.2, -0.15) is 0 Å². The first-order valence-corrected chi connectivity index (χ1v) is 6.43. The molecule has 0 saturated heterocycles. The molecule has 0 saturated carbocycles. The third kappa shape index (κ3) is 3.50. The minimum absolute atomic E-state index is 0.491. The van der Waals surface area contributed by atoms with Crippen LogP contribution in [0.5, 0.6) is 5.75 Å². The number of aliphatic hydroxyl groups is 2. The van der Waals surface area contributed by atoms with E-state index in [1.165, 1.54) is 0 Å². The Hall–Kier alpha value is -2.04. The second-order valence-electron chi connectivity index (χ2n) is 4.65. The summed E-state index contributed by atoms with van der Waals surface area (Å²) >= 11 is 0. The Morgan fingerprint density at radius 3 is 2.40 bits per heavy atom. The molecule has 0 aromatic heterocycles. The smallest absolute Gasteiger partial charge is 0.178 e. The number of hydrogen-bond donors (Lipinski definition) is 3. The van der Waals surface area contributed by atoms with Crippen LogP contribution in [0.25, 0.3) is 0 Å². The van der Waals surface area contributed by atoms with Crippen LogP contribution in [-0.2, 0) is 6.54 Å². The van der Waals surface area contributed by atoms with Gasteiger partial charge in [0.1, 0.15) is 5.75 Å². The summed E-state index contributed by atoms with van der Waals surface area (Å²) < 4.78 is 5.28. The van der Waals surface area contributed by atoms with Crippen molar-refractivity contribution in [3.8, 4) is 5.75 Å². The lowest BCUT2D eigenvalue weighted by Gasteiger charge is -2.11. The highest BCUT2D eigenvalue weighted by atomic mass is 16.5. The molecule has 0 aliphatic carbocycles. The van der Waals surface area contributed by atoms with Crippen molar-refractivity contribution in [2.24, 2.45) is 0 Å². The van der Waals surface area contributed by atoms with Crippen LogP contribution in [0.15, 0.2) is 42.5 Å². The number of rotatable bonds is 5. The van der Waals surface area contributed by atoms with Crippen LogP contribution in [0, 0.1) is 6.92 Å². The topological polar surface area (TPSA) is 61.7 Å². The number of anilines is 1. The van der Waals surface area contributed by atoms with Crippen LogP contribution in [-0.4, -0.2) is 17.3 Å². The summed E-state index contributed by atoms with van der Waals surface area (Å²) in [7, 11) is 1.66. The van der Waals surface area contributed by atoms with E-state index in [9.17, 15) is 0 Å². The van der Waals surface area contributed by atoms with Crippen LogP contribution in [0.4, 0.5) is 5.69 Å². The van der Waals surface area contributed by atoms with E-state index in [1.807, 2.05) is 37.3 Å². The van der Waals surface area contributed by atoms with Crippen molar-refractivity contribution in [1.82, 2.24) is 0 Å². The van der Waals surface area contributed by atoms with Crippen molar-refractivity contribution in [3.63, 3.8) is 0 Å². The lowest BCUT2D eigenvalue weighted by molar-refractivity contribution is -0.0424. The number of aliphatic hydroxyl groups excluding tert-OH is 1. The van der Waals surface area contributed by atoms with Gasteiger partial charge >= 0.3 is 0 Å². The maximum atomic E-state index is 9.03. The van der Waals surface area contributed by atoms with E-state index >= 15 is 0 Å². The number of hydrogen-bond acceptors (Lipinski definition) is 4. The zero-order valence-electron chi connectivity index (χ0n) is 11.6. The number of nitrogens with one attached hydrogen (secondary N) is 1. The lowest BCUT2D eigenvalue weighted by atomic mass is 10.1. The van der Waals surface area contributed by atoms with Gasteiger partial charge in [0.05, 0.1) is 7.11 Å². The third-order valence-corrected chi connectivity index (χ3v) is 3.18. The van der Waals surface area contributed by atoms with E-state index in [2.05, 4.69) is 5.32 Å². The van der Waals surface area contributed by atoms with Gasteiger partial charge in [0.15, 0.2) is 6.29 Å². The molecular formula is C16H19NO3. The molecule has 0 aliphatic heterocycles. The lowest BCUT2D eigenvalue weighted by Crippen LogP contribution is -2.01. The molecule has 0 radical (unpaired) electrons. The number of ether oxygens (including phenoxy) is 1. The summed E-state index contributed by atoms with van der Waals surface area (Å²) in [6.07, 6.45) is -1.42. The fourth-order valence-electron chi connectivity index (χ4n) is 1.94. The second-order valence-corrected chi connectivity index (χ2v) is 4.65. The maximum Gasteiger partial charge on any atom is 0.178 e. The highest BCUT2D eigenvalue weighted by Crippen LogP contribution is 2.22. The Labute approximate surface area is 118 Å². The fourth-order valence-corrected chi connectivity index (χ4v) is 1.94. The summed E-state index contributed by atoms with van der Waals surface area (Å²) in [5, 5.41) is 21.4. The molecule has 3 N–H and O–H groups in total. The molecule has 2 rings (SSSR count). The van der Waals surface area contributed by atoms with Crippen LogP contribution in [0.3, 0.4) is 0 Å². The molecular weight excluding hydrogens is 254 g/mol. The van der Waals surface area contributed by atoms with E-state index in [4.69, 9.17) is 14.9 Å². The molecule has 4 nitrogen and oxygen atoms in total. The Morgan fingerprint density at radius 1 is 1.10 bits per heavy atom. The Morgan fingerprint density at radius 2 is 1.80 bits per heavy atom. The van der Waals surface area contributed by atoms with E-state index in [0.29, 0.717) is 12.1 Å². The zero-order valence-corrected chi connectivity index (χ0v) is 11.6. The molecule has 0 spiro atoms. The molecule has 20 heavy (non-hydrogen) atoms. The van der Waals surface area contributed by atoms with Crippen molar-refractivity contribution < 1.29 is 14.9 Å². The average molecular weight is 273 g/mol. The molecule has 0 fully saturated rings. The predicted molar refractivity (Wildman–Crippen MR) is 78.7 cm³/mol. The standard InChI is InChI=1S/C16H19NO3/c1-11-3-8-14(9-15(11)20-2)17-10-12-4-6-13(7-5-12)16(18)19/h3-9,16-19H,10H2,1-2H3. The first-order chi connectivity index (χ1) is 9.60. The van der Waals surface area contributed by atoms with E-state index in [0.717, 1.165) is 22.6 Å². The van der Waals surface area contributed by atoms with Gasteiger partial charge in [0, 0.05) is 23.9 Å². The minimum Gasteiger partial charge on any atom is -0.496 e. The molecule has 0 aliphatic rings. The first-order valence-electron chi connectivity index (χ1n) is 6.43. The van der Waals surface area contributed by atoms with Gasteiger partial charge < -0.3 is 20.3 Å². The van der Waals surface area contributed by atoms with Crippen LogP contribution < -0.4 is 10.1 Å². The fraction of sp³-hybridized carbons (Fsp3) is 0.250. The summed E-state index contributed by atoms with van der Waals surface area (Å²) in [6, 6.07) is 13.1. The zero-order chi connectivity index (χ0) is 14.5. The minimum atomic E-state index is -1.42. The van der Waals surface area contributed by atoms with Crippen LogP contribution >= 0.6 is 0 Å². The van der Waals surface area contributed by atoms with Gasteiger partial charge in [-0.05, 0) is 24.1 Å². The largest absolute Gasteiger partial charge is 0.496 e. The molecule has 0 atom stereocenters. The van der Waals surface area contributed by atoms with Gasteiger partial charge in [-0.1, -0.05) is 30.3 Å². The normalized spacial score (nSPS) is 10.7. The summed E-state index contributed by atoms with van der Waals surface area (Å²) in [5.74, 6) is 0.855. The molecule has 2 aromatic rings. The highest BCUT2D eigenvalue weighted by molar-refractivity contribution is 5.51. The van der Waals surface area contributed by atoms with Gasteiger partial charge in [-0.15, -0.1) is 0 Å². The van der Waals surface area contributed by atoms with E-state index in [1.54, 1.807) is 19.2 Å². The quantitative estimate of drug-likeness (QED) is 0.733. The first kappa shape index (κ1) is 14.4. The van der Waals surface area contributed by atoms with E-state index in [-0.39, 0.29) is 0 Å². The molecule has 0 bridgehead atoms. The van der Waals surface area contributed by atoms with Gasteiger partial charge in [0.25, 0.3) is 0 Å². The highest BCUT2D eigenvalue weighted by Gasteiger charge is 2.03. The summed E-state index contributed by atoms with van der Waals surface area (Å²) in [4.78, 5) is 0. The van der Waals surface area contributed by atoms with Crippen molar-refractivity contribution >= 4 is 5.69 Å². The number of methoxy groups -OCH3 is 1. The van der Waals surface area contributed by atoms with Gasteiger partial charge in [0.2, 0.25) is 0 Å². The molecule has 4 heteroatoms. The molecule has 2 aromatic carbocycles. The Bertz CT molecular complexity index is 564. The molecule has 0 heterocycles. The average Bonchev–Trinajstić information content (AvgIpc) is 2.46. The molecule has 0 amide bonds. The van der Waals surface area contributed by atoms with Crippen molar-refractivity contribution in [2.45, 2.75) is 19.8 Å². The van der Waals surface area contributed by atoms with E-state index < -0.39 is 6.29 Å². The summed E-state index contributed by atoms with van der Waals surface area (Å²) in [6.45, 7) is 2.66. The summed E-state index contributed by atoms with van der Waals surface area (Å²) in [5.41, 5.74) is 3.64. The van der Waals surface area contributed by atoms with Crippen molar-refractivity contribution in [3.05, 3.63) is 59.2 Å². The third-order valence-electron chi connectivity index (χ3n) is 3.18. The van der Waals surface area contributed by atoms with Gasteiger partial charge in [-0.25, -0.2) is 0 Å². The van der Waals surface area contributed by atoms with Crippen LogP contribution in [0.2, 0.25) is 0 Å². The Kier molecular flexibility index (Phi) is 4.61.